The SMILES string of the molecule is CCS/C(C#N)=C(\Oc1ccccc1C(=O)OC)c1ccc(Cl)cc1. The summed E-state index contributed by atoms with van der Waals surface area (Å²) in [7, 11) is 1.31. The third kappa shape index (κ3) is 4.79. The van der Waals surface area contributed by atoms with E-state index in [9.17, 15) is 10.1 Å². The molecule has 0 radical (unpaired) electrons. The standard InChI is InChI=1S/C19H16ClNO3S/c1-3-25-17(12-21)18(13-8-10-14(20)11-9-13)24-16-7-5-4-6-15(16)19(22)23-2/h4-11H,3H2,1-2H3/b18-17-. The van der Waals surface area contributed by atoms with Crippen molar-refractivity contribution < 1.29 is 14.3 Å². The summed E-state index contributed by atoms with van der Waals surface area (Å²) < 4.78 is 10.8. The molecule has 0 amide bonds. The molecule has 4 nitrogen and oxygen atoms in total. The quantitative estimate of drug-likeness (QED) is 0.398. The molecule has 128 valence electrons. The number of carbonyl (C=O) groups excluding carboxylic acids is 1. The minimum Gasteiger partial charge on any atom is -0.465 e. The summed E-state index contributed by atoms with van der Waals surface area (Å²) >= 11 is 7.32. The summed E-state index contributed by atoms with van der Waals surface area (Å²) in [4.78, 5) is 12.4. The molecule has 0 heterocycles. The summed E-state index contributed by atoms with van der Waals surface area (Å²) in [6.07, 6.45) is 0. The summed E-state index contributed by atoms with van der Waals surface area (Å²) in [5.74, 6) is 0.904. The maximum absolute atomic E-state index is 12.0. The molecule has 0 atom stereocenters. The average Bonchev–Trinajstić information content (AvgIpc) is 2.65. The highest BCUT2D eigenvalue weighted by Crippen LogP contribution is 2.32. The molecular weight excluding hydrogens is 358 g/mol. The number of methoxy groups -OCH3 is 1. The Labute approximate surface area is 156 Å². The average molecular weight is 374 g/mol. The van der Waals surface area contributed by atoms with Crippen molar-refractivity contribution in [2.45, 2.75) is 6.92 Å². The van der Waals surface area contributed by atoms with Gasteiger partial charge in [0.2, 0.25) is 0 Å². The molecule has 0 aliphatic heterocycles. The third-order valence-corrected chi connectivity index (χ3v) is 4.31. The van der Waals surface area contributed by atoms with Crippen molar-refractivity contribution in [2.24, 2.45) is 0 Å². The van der Waals surface area contributed by atoms with Crippen LogP contribution in [0.5, 0.6) is 5.75 Å². The fourth-order valence-electron chi connectivity index (χ4n) is 2.07. The zero-order valence-electron chi connectivity index (χ0n) is 13.8. The van der Waals surface area contributed by atoms with Crippen LogP contribution in [0.3, 0.4) is 0 Å². The van der Waals surface area contributed by atoms with Crippen molar-refractivity contribution in [2.75, 3.05) is 12.9 Å². The lowest BCUT2D eigenvalue weighted by molar-refractivity contribution is 0.0598. The van der Waals surface area contributed by atoms with Crippen molar-refractivity contribution in [3.63, 3.8) is 0 Å². The van der Waals surface area contributed by atoms with Crippen LogP contribution in [0, 0.1) is 11.3 Å². The van der Waals surface area contributed by atoms with Gasteiger partial charge in [-0.05, 0) is 42.2 Å². The molecule has 6 heteroatoms. The Kier molecular flexibility index (Phi) is 6.93. The number of thioether (sulfide) groups is 1. The van der Waals surface area contributed by atoms with E-state index in [0.717, 1.165) is 0 Å². The molecule has 0 N–H and O–H groups in total. The van der Waals surface area contributed by atoms with Gasteiger partial charge in [0.1, 0.15) is 22.3 Å². The van der Waals surface area contributed by atoms with Gasteiger partial charge in [-0.3, -0.25) is 0 Å². The minimum absolute atomic E-state index is 0.287. The van der Waals surface area contributed by atoms with Crippen molar-refractivity contribution in [3.05, 3.63) is 69.6 Å². The lowest BCUT2D eigenvalue weighted by Gasteiger charge is -2.15. The third-order valence-electron chi connectivity index (χ3n) is 3.21. The topological polar surface area (TPSA) is 59.3 Å². The van der Waals surface area contributed by atoms with E-state index in [2.05, 4.69) is 6.07 Å². The number of nitriles is 1. The fourth-order valence-corrected chi connectivity index (χ4v) is 2.84. The minimum atomic E-state index is -0.507. The summed E-state index contributed by atoms with van der Waals surface area (Å²) in [6.45, 7) is 1.95. The van der Waals surface area contributed by atoms with Crippen LogP contribution in [-0.4, -0.2) is 18.8 Å². The van der Waals surface area contributed by atoms with Gasteiger partial charge in [-0.2, -0.15) is 5.26 Å². The molecule has 25 heavy (non-hydrogen) atoms. The number of ether oxygens (including phenoxy) is 2. The van der Waals surface area contributed by atoms with Crippen LogP contribution < -0.4 is 4.74 Å². The Morgan fingerprint density at radius 3 is 2.48 bits per heavy atom. The number of carbonyl (C=O) groups is 1. The van der Waals surface area contributed by atoms with Gasteiger partial charge in [0.15, 0.2) is 5.76 Å². The number of halogens is 1. The van der Waals surface area contributed by atoms with Crippen LogP contribution in [0.1, 0.15) is 22.8 Å². The van der Waals surface area contributed by atoms with Gasteiger partial charge in [-0.25, -0.2) is 4.79 Å². The van der Waals surface area contributed by atoms with E-state index in [0.29, 0.717) is 32.8 Å². The van der Waals surface area contributed by atoms with Gasteiger partial charge >= 0.3 is 5.97 Å². The Morgan fingerprint density at radius 2 is 1.88 bits per heavy atom. The van der Waals surface area contributed by atoms with E-state index in [4.69, 9.17) is 21.1 Å². The predicted molar refractivity (Wildman–Crippen MR) is 101 cm³/mol. The predicted octanol–water partition coefficient (Wildman–Crippen LogP) is 5.15. The number of hydrogen-bond acceptors (Lipinski definition) is 5. The monoisotopic (exact) mass is 373 g/mol. The highest BCUT2D eigenvalue weighted by atomic mass is 35.5. The molecule has 0 fully saturated rings. The molecule has 0 spiro atoms. The Hall–Kier alpha value is -2.42. The molecule has 2 aromatic rings. The normalized spacial score (nSPS) is 11.3. The highest BCUT2D eigenvalue weighted by Gasteiger charge is 2.18. The second kappa shape index (κ2) is 9.16. The zero-order chi connectivity index (χ0) is 18.2. The van der Waals surface area contributed by atoms with Crippen LogP contribution in [0.25, 0.3) is 5.76 Å². The van der Waals surface area contributed by atoms with E-state index >= 15 is 0 Å². The first kappa shape index (κ1) is 18.9. The van der Waals surface area contributed by atoms with Crippen LogP contribution in [0.4, 0.5) is 0 Å². The molecule has 2 rings (SSSR count). The van der Waals surface area contributed by atoms with E-state index in [1.807, 2.05) is 6.92 Å². The molecular formula is C19H16ClNO3S. The van der Waals surface area contributed by atoms with Gasteiger partial charge in [0.25, 0.3) is 0 Å². The largest absolute Gasteiger partial charge is 0.465 e. The second-order valence-corrected chi connectivity index (χ2v) is 6.51. The first-order valence-corrected chi connectivity index (χ1v) is 8.85. The van der Waals surface area contributed by atoms with Crippen molar-refractivity contribution in [3.8, 4) is 11.8 Å². The Morgan fingerprint density at radius 1 is 1.20 bits per heavy atom. The number of hydrogen-bond donors (Lipinski definition) is 0. The number of benzene rings is 2. The van der Waals surface area contributed by atoms with Crippen LogP contribution in [0.2, 0.25) is 5.02 Å². The van der Waals surface area contributed by atoms with Gasteiger partial charge < -0.3 is 9.47 Å². The van der Waals surface area contributed by atoms with E-state index in [1.54, 1.807) is 48.5 Å². The van der Waals surface area contributed by atoms with Crippen molar-refractivity contribution >= 4 is 35.1 Å². The number of rotatable bonds is 6. The lowest BCUT2D eigenvalue weighted by Crippen LogP contribution is -2.06. The lowest BCUT2D eigenvalue weighted by atomic mass is 10.1. The second-order valence-electron chi connectivity index (χ2n) is 4.80. The number of esters is 1. The first-order chi connectivity index (χ1) is 12.1. The zero-order valence-corrected chi connectivity index (χ0v) is 15.4. The van der Waals surface area contributed by atoms with Crippen LogP contribution in [-0.2, 0) is 4.74 Å². The molecule has 0 aromatic heterocycles. The summed E-state index contributed by atoms with van der Waals surface area (Å²) in [6, 6.07) is 15.9. The van der Waals surface area contributed by atoms with Crippen LogP contribution in [0.15, 0.2) is 53.4 Å². The van der Waals surface area contributed by atoms with E-state index < -0.39 is 5.97 Å². The Balaban J connectivity index is 2.54. The van der Waals surface area contributed by atoms with Crippen LogP contribution >= 0.6 is 23.4 Å². The Bertz CT molecular complexity index is 825. The number of nitrogens with zero attached hydrogens (tertiary/aromatic N) is 1. The molecule has 0 bridgehead atoms. The molecule has 0 saturated carbocycles. The maximum atomic E-state index is 12.0. The molecule has 0 aliphatic carbocycles. The maximum Gasteiger partial charge on any atom is 0.341 e. The first-order valence-electron chi connectivity index (χ1n) is 7.49. The van der Waals surface area contributed by atoms with Crippen molar-refractivity contribution in [1.82, 2.24) is 0 Å². The van der Waals surface area contributed by atoms with Crippen molar-refractivity contribution in [1.29, 1.82) is 5.26 Å². The smallest absolute Gasteiger partial charge is 0.341 e. The molecule has 2 aromatic carbocycles. The van der Waals surface area contributed by atoms with Gasteiger partial charge in [0.05, 0.1) is 7.11 Å². The molecule has 0 saturated heterocycles. The molecule has 0 unspecified atom stereocenters. The molecule has 0 aliphatic rings. The fraction of sp³-hybridized carbons (Fsp3) is 0.158. The number of allylic oxidation sites excluding steroid dienone is 1. The summed E-state index contributed by atoms with van der Waals surface area (Å²) in [5, 5.41) is 10.1. The summed E-state index contributed by atoms with van der Waals surface area (Å²) in [5.41, 5.74) is 0.983. The van der Waals surface area contributed by atoms with E-state index in [-0.39, 0.29) is 5.56 Å². The van der Waals surface area contributed by atoms with Gasteiger partial charge in [-0.1, -0.05) is 30.7 Å². The number of para-hydroxylation sites is 1. The highest BCUT2D eigenvalue weighted by molar-refractivity contribution is 8.03. The van der Waals surface area contributed by atoms with Gasteiger partial charge in [0, 0.05) is 10.6 Å². The van der Waals surface area contributed by atoms with E-state index in [1.165, 1.54) is 18.9 Å². The van der Waals surface area contributed by atoms with Gasteiger partial charge in [-0.15, -0.1) is 11.8 Å².